The van der Waals surface area contributed by atoms with E-state index in [1.54, 1.807) is 14.2 Å². The van der Waals surface area contributed by atoms with Gasteiger partial charge in [0.25, 0.3) is 0 Å². The van der Waals surface area contributed by atoms with Crippen LogP contribution in [-0.4, -0.2) is 104 Å². The third-order valence-electron chi connectivity index (χ3n) is 2.08. The van der Waals surface area contributed by atoms with Crippen LogP contribution in [0.2, 0.25) is 0 Å². The minimum Gasteiger partial charge on any atom is -0.394 e. The summed E-state index contributed by atoms with van der Waals surface area (Å²) in [7, 11) is 3.26. The summed E-state index contributed by atoms with van der Waals surface area (Å²) in [5.41, 5.74) is 0. The smallest absolute Gasteiger partial charge is 0.0701 e. The number of methoxy groups -OCH3 is 2. The van der Waals surface area contributed by atoms with Crippen molar-refractivity contribution in [3.8, 4) is 0 Å². The van der Waals surface area contributed by atoms with Crippen molar-refractivity contribution in [2.45, 2.75) is 0 Å². The minimum atomic E-state index is 0. The maximum absolute atomic E-state index is 8.32. The Morgan fingerprint density at radius 1 is 0.478 bits per heavy atom. The Labute approximate surface area is 149 Å². The molecular formula is C14H32CuO8. The molecule has 147 valence electrons. The van der Waals surface area contributed by atoms with Crippen molar-refractivity contribution in [3.05, 3.63) is 0 Å². The molecule has 0 amide bonds. The zero-order chi connectivity index (χ0) is 16.7. The van der Waals surface area contributed by atoms with Crippen molar-refractivity contribution in [1.82, 2.24) is 0 Å². The van der Waals surface area contributed by atoms with Gasteiger partial charge in [0.2, 0.25) is 0 Å². The first-order valence-electron chi connectivity index (χ1n) is 7.34. The molecule has 0 saturated carbocycles. The Morgan fingerprint density at radius 3 is 1.00 bits per heavy atom. The minimum absolute atomic E-state index is 0. The summed E-state index contributed by atoms with van der Waals surface area (Å²) in [5, 5.41) is 16.6. The van der Waals surface area contributed by atoms with Gasteiger partial charge < -0.3 is 38.6 Å². The Kier molecular flexibility index (Phi) is 36.7. The molecule has 0 atom stereocenters. The third kappa shape index (κ3) is 34.5. The molecule has 1 radical (unpaired) electrons. The van der Waals surface area contributed by atoms with Gasteiger partial charge in [-0.15, -0.1) is 0 Å². The predicted octanol–water partition coefficient (Wildman–Crippen LogP) is -0.686. The van der Waals surface area contributed by atoms with Gasteiger partial charge in [-0.2, -0.15) is 0 Å². The zero-order valence-electron chi connectivity index (χ0n) is 14.1. The van der Waals surface area contributed by atoms with E-state index in [9.17, 15) is 0 Å². The summed E-state index contributed by atoms with van der Waals surface area (Å²) in [4.78, 5) is 0. The van der Waals surface area contributed by atoms with E-state index in [4.69, 9.17) is 38.6 Å². The molecule has 2 N–H and O–H groups in total. The Balaban J connectivity index is -0.000000333. The monoisotopic (exact) mass is 391 g/mol. The van der Waals surface area contributed by atoms with Gasteiger partial charge in [-0.25, -0.2) is 0 Å². The van der Waals surface area contributed by atoms with Crippen molar-refractivity contribution in [3.63, 3.8) is 0 Å². The summed E-state index contributed by atoms with van der Waals surface area (Å²) in [6, 6.07) is 0. The normalized spacial score (nSPS) is 9.91. The van der Waals surface area contributed by atoms with Crippen molar-refractivity contribution in [2.24, 2.45) is 0 Å². The van der Waals surface area contributed by atoms with Gasteiger partial charge in [-0.3, -0.25) is 0 Å². The molecule has 0 unspecified atom stereocenters. The van der Waals surface area contributed by atoms with Gasteiger partial charge in [0.05, 0.1) is 79.3 Å². The van der Waals surface area contributed by atoms with Gasteiger partial charge in [0, 0.05) is 31.3 Å². The fraction of sp³-hybridized carbons (Fsp3) is 1.00. The Hall–Kier alpha value is 0.199. The summed E-state index contributed by atoms with van der Waals surface area (Å²) in [6.07, 6.45) is 0. The van der Waals surface area contributed by atoms with Crippen LogP contribution in [-0.2, 0) is 45.5 Å². The topological polar surface area (TPSA) is 95.8 Å². The quantitative estimate of drug-likeness (QED) is 0.264. The van der Waals surface area contributed by atoms with Crippen LogP contribution in [0.1, 0.15) is 0 Å². The second-order valence-corrected chi connectivity index (χ2v) is 3.88. The standard InChI is InChI=1S/2C7H16O4.Cu/c2*1-9-4-5-11-7-6-10-3-2-8;/h2*8H,2-7H2,1H3;. The van der Waals surface area contributed by atoms with Gasteiger partial charge in [-0.1, -0.05) is 0 Å². The number of hydrogen-bond acceptors (Lipinski definition) is 8. The predicted molar refractivity (Wildman–Crippen MR) is 81.2 cm³/mol. The van der Waals surface area contributed by atoms with Crippen LogP contribution in [0.15, 0.2) is 0 Å². The second kappa shape index (κ2) is 30.1. The molecule has 9 heteroatoms. The molecule has 0 aromatic rings. The van der Waals surface area contributed by atoms with Crippen LogP contribution in [0.3, 0.4) is 0 Å². The van der Waals surface area contributed by atoms with Crippen LogP contribution in [0, 0.1) is 0 Å². The van der Waals surface area contributed by atoms with Crippen molar-refractivity contribution < 1.29 is 55.7 Å². The molecule has 0 fully saturated rings. The molecule has 0 aromatic carbocycles. The molecule has 0 aliphatic carbocycles. The molecule has 0 saturated heterocycles. The molecular weight excluding hydrogens is 360 g/mol. The summed E-state index contributed by atoms with van der Waals surface area (Å²) >= 11 is 0. The zero-order valence-corrected chi connectivity index (χ0v) is 15.1. The first kappa shape index (κ1) is 28.0. The van der Waals surface area contributed by atoms with E-state index in [1.165, 1.54) is 0 Å². The van der Waals surface area contributed by atoms with Crippen LogP contribution < -0.4 is 0 Å². The van der Waals surface area contributed by atoms with Crippen molar-refractivity contribution in [2.75, 3.05) is 93.5 Å². The van der Waals surface area contributed by atoms with E-state index < -0.39 is 0 Å². The number of rotatable bonds is 16. The maximum atomic E-state index is 8.32. The molecule has 8 nitrogen and oxygen atoms in total. The molecule has 0 rings (SSSR count). The fourth-order valence-electron chi connectivity index (χ4n) is 1.06. The molecule has 0 heterocycles. The number of aliphatic hydroxyl groups excluding tert-OH is 2. The van der Waals surface area contributed by atoms with Crippen LogP contribution in [0.5, 0.6) is 0 Å². The SMILES string of the molecule is COCCOCCOCCO.COCCOCCOCCO.[Cu]. The average molecular weight is 392 g/mol. The van der Waals surface area contributed by atoms with E-state index in [2.05, 4.69) is 0 Å². The average Bonchev–Trinajstić information content (AvgIpc) is 2.54. The molecule has 23 heavy (non-hydrogen) atoms. The molecule has 0 aliphatic heterocycles. The number of hydrogen-bond donors (Lipinski definition) is 2. The van der Waals surface area contributed by atoms with E-state index >= 15 is 0 Å². The summed E-state index contributed by atoms with van der Waals surface area (Å²) in [6.45, 7) is 5.50. The van der Waals surface area contributed by atoms with E-state index in [-0.39, 0.29) is 30.3 Å². The molecule has 0 aromatic heterocycles. The Morgan fingerprint density at radius 2 is 0.739 bits per heavy atom. The fourth-order valence-corrected chi connectivity index (χ4v) is 1.06. The number of aliphatic hydroxyl groups is 2. The maximum Gasteiger partial charge on any atom is 0.0701 e. The van der Waals surface area contributed by atoms with Gasteiger partial charge in [0.1, 0.15) is 0 Å². The van der Waals surface area contributed by atoms with Gasteiger partial charge in [-0.05, 0) is 0 Å². The first-order chi connectivity index (χ1) is 10.8. The van der Waals surface area contributed by atoms with E-state index in [0.29, 0.717) is 66.1 Å². The molecule has 0 aliphatic rings. The summed E-state index contributed by atoms with van der Waals surface area (Å²) < 4.78 is 29.6. The van der Waals surface area contributed by atoms with Crippen LogP contribution in [0.4, 0.5) is 0 Å². The molecule has 0 spiro atoms. The largest absolute Gasteiger partial charge is 0.394 e. The first-order valence-corrected chi connectivity index (χ1v) is 7.34. The van der Waals surface area contributed by atoms with Crippen LogP contribution >= 0.6 is 0 Å². The van der Waals surface area contributed by atoms with E-state index in [0.717, 1.165) is 0 Å². The van der Waals surface area contributed by atoms with Gasteiger partial charge in [0.15, 0.2) is 0 Å². The third-order valence-corrected chi connectivity index (χ3v) is 2.08. The number of ether oxygens (including phenoxy) is 6. The second-order valence-electron chi connectivity index (χ2n) is 3.88. The Bertz CT molecular complexity index is 143. The molecule has 0 bridgehead atoms. The summed E-state index contributed by atoms with van der Waals surface area (Å²) in [5.74, 6) is 0. The van der Waals surface area contributed by atoms with Crippen LogP contribution in [0.25, 0.3) is 0 Å². The van der Waals surface area contributed by atoms with Gasteiger partial charge >= 0.3 is 0 Å². The van der Waals surface area contributed by atoms with Crippen molar-refractivity contribution in [1.29, 1.82) is 0 Å². The van der Waals surface area contributed by atoms with E-state index in [1.807, 2.05) is 0 Å². The van der Waals surface area contributed by atoms with Crippen molar-refractivity contribution >= 4 is 0 Å².